The zero-order valence-electron chi connectivity index (χ0n) is 12.7. The molecular formula is C14H18FN3O4S. The van der Waals surface area contributed by atoms with Crippen LogP contribution in [-0.4, -0.2) is 73.2 Å². The Hall–Kier alpha value is -1.58. The van der Waals surface area contributed by atoms with Gasteiger partial charge in [0, 0.05) is 25.8 Å². The van der Waals surface area contributed by atoms with Crippen molar-refractivity contribution in [3.63, 3.8) is 0 Å². The maximum atomic E-state index is 13.8. The number of halogens is 1. The fourth-order valence-corrected chi connectivity index (χ4v) is 4.26. The minimum Gasteiger partial charge on any atom is -0.375 e. The van der Waals surface area contributed by atoms with Gasteiger partial charge in [-0.15, -0.1) is 0 Å². The number of rotatable bonds is 2. The molecule has 1 amide bonds. The quantitative estimate of drug-likeness (QED) is 0.761. The molecule has 2 fully saturated rings. The molecule has 0 radical (unpaired) electrons. The topological polar surface area (TPSA) is 79.8 Å². The first-order valence-electron chi connectivity index (χ1n) is 7.35. The van der Waals surface area contributed by atoms with Gasteiger partial charge in [0.05, 0.1) is 36.8 Å². The minimum atomic E-state index is -3.39. The van der Waals surface area contributed by atoms with E-state index in [2.05, 4.69) is 4.98 Å². The number of sulfonamides is 1. The summed E-state index contributed by atoms with van der Waals surface area (Å²) in [6.07, 6.45) is 3.79. The number of fused-ring (bicyclic) bond motifs is 1. The fourth-order valence-electron chi connectivity index (χ4n) is 3.16. The number of carbonyl (C=O) groups excluding carboxylic acids is 1. The SMILES string of the molecule is CS(=O)(=O)N1CCO[C@@H]2CCN(C(=O)c3ccncc3F)C[C@H]21. The molecule has 7 nitrogen and oxygen atoms in total. The van der Waals surface area contributed by atoms with Crippen molar-refractivity contribution >= 4 is 15.9 Å². The van der Waals surface area contributed by atoms with Gasteiger partial charge >= 0.3 is 0 Å². The average molecular weight is 343 g/mol. The molecule has 2 atom stereocenters. The van der Waals surface area contributed by atoms with Crippen LogP contribution in [0.5, 0.6) is 0 Å². The van der Waals surface area contributed by atoms with Gasteiger partial charge in [-0.05, 0) is 12.5 Å². The summed E-state index contributed by atoms with van der Waals surface area (Å²) >= 11 is 0. The molecule has 1 aromatic rings. The highest BCUT2D eigenvalue weighted by Crippen LogP contribution is 2.26. The summed E-state index contributed by atoms with van der Waals surface area (Å²) in [6, 6.07) is 0.900. The number of ether oxygens (including phenoxy) is 1. The molecule has 23 heavy (non-hydrogen) atoms. The summed E-state index contributed by atoms with van der Waals surface area (Å²) in [5, 5.41) is 0. The van der Waals surface area contributed by atoms with E-state index in [4.69, 9.17) is 4.74 Å². The van der Waals surface area contributed by atoms with E-state index in [1.807, 2.05) is 0 Å². The molecule has 1 aromatic heterocycles. The Morgan fingerprint density at radius 1 is 1.43 bits per heavy atom. The summed E-state index contributed by atoms with van der Waals surface area (Å²) in [5.41, 5.74) is -0.0546. The third kappa shape index (κ3) is 3.22. The number of amides is 1. The second-order valence-electron chi connectivity index (χ2n) is 5.75. The molecule has 0 aromatic carbocycles. The molecule has 0 aliphatic carbocycles. The zero-order valence-corrected chi connectivity index (χ0v) is 13.5. The average Bonchev–Trinajstić information content (AvgIpc) is 2.52. The minimum absolute atomic E-state index is 0.0546. The van der Waals surface area contributed by atoms with E-state index in [-0.39, 0.29) is 24.8 Å². The lowest BCUT2D eigenvalue weighted by molar-refractivity contribution is -0.0704. The van der Waals surface area contributed by atoms with Crippen molar-refractivity contribution in [2.75, 3.05) is 32.5 Å². The van der Waals surface area contributed by atoms with Crippen LogP contribution in [0.3, 0.4) is 0 Å². The van der Waals surface area contributed by atoms with Crippen LogP contribution in [0.15, 0.2) is 18.5 Å². The predicted molar refractivity (Wildman–Crippen MR) is 79.8 cm³/mol. The van der Waals surface area contributed by atoms with E-state index in [9.17, 15) is 17.6 Å². The monoisotopic (exact) mass is 343 g/mol. The van der Waals surface area contributed by atoms with Gasteiger partial charge in [0.15, 0.2) is 5.82 Å². The molecule has 2 saturated heterocycles. The maximum absolute atomic E-state index is 13.8. The van der Waals surface area contributed by atoms with Crippen LogP contribution in [0.4, 0.5) is 4.39 Å². The lowest BCUT2D eigenvalue weighted by atomic mass is 10.00. The summed E-state index contributed by atoms with van der Waals surface area (Å²) < 4.78 is 44.6. The molecule has 2 aliphatic rings. The fraction of sp³-hybridized carbons (Fsp3) is 0.571. The second kappa shape index (κ2) is 6.14. The smallest absolute Gasteiger partial charge is 0.257 e. The van der Waals surface area contributed by atoms with E-state index < -0.39 is 27.8 Å². The molecule has 0 unspecified atom stereocenters. The third-order valence-electron chi connectivity index (χ3n) is 4.25. The Kier molecular flexibility index (Phi) is 4.35. The molecule has 0 saturated carbocycles. The number of hydrogen-bond donors (Lipinski definition) is 0. The van der Waals surface area contributed by atoms with E-state index in [0.29, 0.717) is 19.6 Å². The van der Waals surface area contributed by atoms with Gasteiger partial charge in [-0.2, -0.15) is 4.31 Å². The number of carbonyl (C=O) groups is 1. The van der Waals surface area contributed by atoms with Gasteiger partial charge in [0.2, 0.25) is 10.0 Å². The van der Waals surface area contributed by atoms with Gasteiger partial charge < -0.3 is 9.64 Å². The van der Waals surface area contributed by atoms with Crippen LogP contribution in [0.25, 0.3) is 0 Å². The Balaban J connectivity index is 1.82. The van der Waals surface area contributed by atoms with Crippen molar-refractivity contribution in [1.29, 1.82) is 0 Å². The van der Waals surface area contributed by atoms with Gasteiger partial charge in [-0.25, -0.2) is 12.8 Å². The number of hydrogen-bond acceptors (Lipinski definition) is 5. The lowest BCUT2D eigenvalue weighted by Gasteiger charge is -2.45. The van der Waals surface area contributed by atoms with Gasteiger partial charge in [0.25, 0.3) is 5.91 Å². The van der Waals surface area contributed by atoms with Crippen molar-refractivity contribution in [1.82, 2.24) is 14.2 Å². The number of nitrogens with zero attached hydrogens (tertiary/aromatic N) is 3. The number of aromatic nitrogens is 1. The predicted octanol–water partition coefficient (Wildman–Crippen LogP) is 0.0956. The van der Waals surface area contributed by atoms with Crippen molar-refractivity contribution in [2.24, 2.45) is 0 Å². The van der Waals surface area contributed by atoms with Gasteiger partial charge in [0.1, 0.15) is 0 Å². The molecule has 0 spiro atoms. The molecular weight excluding hydrogens is 325 g/mol. The number of morpholine rings is 1. The van der Waals surface area contributed by atoms with E-state index in [1.54, 1.807) is 0 Å². The summed E-state index contributed by atoms with van der Waals surface area (Å²) in [7, 11) is -3.39. The number of likely N-dealkylation sites (tertiary alicyclic amines) is 1. The summed E-state index contributed by atoms with van der Waals surface area (Å²) in [4.78, 5) is 17.6. The summed E-state index contributed by atoms with van der Waals surface area (Å²) in [6.45, 7) is 1.21. The zero-order chi connectivity index (χ0) is 16.6. The molecule has 9 heteroatoms. The molecule has 126 valence electrons. The Morgan fingerprint density at radius 3 is 2.91 bits per heavy atom. The maximum Gasteiger partial charge on any atom is 0.257 e. The highest BCUT2D eigenvalue weighted by molar-refractivity contribution is 7.88. The lowest BCUT2D eigenvalue weighted by Crippen LogP contribution is -2.61. The first kappa shape index (κ1) is 16.3. The molecule has 3 rings (SSSR count). The van der Waals surface area contributed by atoms with Crippen molar-refractivity contribution in [2.45, 2.75) is 18.6 Å². The van der Waals surface area contributed by atoms with Crippen molar-refractivity contribution < 1.29 is 22.3 Å². The Labute approximate surface area is 134 Å². The molecule has 2 aliphatic heterocycles. The van der Waals surface area contributed by atoms with Crippen LogP contribution >= 0.6 is 0 Å². The van der Waals surface area contributed by atoms with Crippen LogP contribution in [0.2, 0.25) is 0 Å². The first-order valence-corrected chi connectivity index (χ1v) is 9.20. The Bertz CT molecular complexity index is 712. The van der Waals surface area contributed by atoms with Crippen molar-refractivity contribution in [3.8, 4) is 0 Å². The van der Waals surface area contributed by atoms with Gasteiger partial charge in [-0.1, -0.05) is 0 Å². The number of pyridine rings is 1. The van der Waals surface area contributed by atoms with Crippen molar-refractivity contribution in [3.05, 3.63) is 29.8 Å². The van der Waals surface area contributed by atoms with E-state index in [1.165, 1.54) is 21.5 Å². The van der Waals surface area contributed by atoms with Crippen LogP contribution in [-0.2, 0) is 14.8 Å². The van der Waals surface area contributed by atoms with E-state index >= 15 is 0 Å². The molecule has 0 N–H and O–H groups in total. The molecule has 3 heterocycles. The normalized spacial score (nSPS) is 25.9. The Morgan fingerprint density at radius 2 is 2.22 bits per heavy atom. The third-order valence-corrected chi connectivity index (χ3v) is 5.56. The van der Waals surface area contributed by atoms with Gasteiger partial charge in [-0.3, -0.25) is 9.78 Å². The first-order chi connectivity index (χ1) is 10.9. The highest BCUT2D eigenvalue weighted by Gasteiger charge is 2.42. The second-order valence-corrected chi connectivity index (χ2v) is 7.68. The van der Waals surface area contributed by atoms with E-state index in [0.717, 1.165) is 12.5 Å². The number of piperidine rings is 1. The molecule has 0 bridgehead atoms. The van der Waals surface area contributed by atoms with Crippen LogP contribution < -0.4 is 0 Å². The van der Waals surface area contributed by atoms with Crippen LogP contribution in [0, 0.1) is 5.82 Å². The largest absolute Gasteiger partial charge is 0.375 e. The van der Waals surface area contributed by atoms with Crippen LogP contribution in [0.1, 0.15) is 16.8 Å². The summed E-state index contributed by atoms with van der Waals surface area (Å²) in [5.74, 6) is -1.14. The standard InChI is InChI=1S/C14H18FN3O4S/c1-23(20,21)18-6-7-22-13-3-5-17(9-12(13)18)14(19)10-2-4-16-8-11(10)15/h2,4,8,12-13H,3,5-7,9H2,1H3/t12-,13-/m1/s1. The highest BCUT2D eigenvalue weighted by atomic mass is 32.2.